The van der Waals surface area contributed by atoms with E-state index in [1.165, 1.54) is 6.07 Å². The first-order valence-corrected chi connectivity index (χ1v) is 6.44. The second kappa shape index (κ2) is 3.41. The first-order valence-electron chi connectivity index (χ1n) is 4.79. The molecule has 0 aliphatic carbocycles. The average molecular weight is 227 g/mol. The van der Waals surface area contributed by atoms with Crippen LogP contribution in [0.15, 0.2) is 23.1 Å². The number of aromatic hydroxyl groups is 1. The lowest BCUT2D eigenvalue weighted by Crippen LogP contribution is -2.15. The van der Waals surface area contributed by atoms with Gasteiger partial charge in [0.25, 0.3) is 0 Å². The number of sulfone groups is 1. The minimum Gasteiger partial charge on any atom is -0.507 e. The van der Waals surface area contributed by atoms with Crippen LogP contribution in [0.2, 0.25) is 0 Å². The molecule has 0 saturated carbocycles. The van der Waals surface area contributed by atoms with Gasteiger partial charge in [-0.15, -0.1) is 0 Å². The average Bonchev–Trinajstić information content (AvgIpc) is 2.23. The van der Waals surface area contributed by atoms with Gasteiger partial charge in [0.05, 0.1) is 11.4 Å². The van der Waals surface area contributed by atoms with Crippen molar-refractivity contribution in [1.82, 2.24) is 0 Å². The molecule has 1 unspecified atom stereocenters. The Labute approximate surface area is 88.9 Å². The van der Waals surface area contributed by atoms with Crippen LogP contribution in [0.25, 0.3) is 0 Å². The van der Waals surface area contributed by atoms with Crippen LogP contribution in [0.1, 0.15) is 6.92 Å². The molecule has 4 nitrogen and oxygen atoms in total. The fourth-order valence-electron chi connectivity index (χ4n) is 1.79. The highest BCUT2D eigenvalue weighted by Gasteiger charge is 2.28. The summed E-state index contributed by atoms with van der Waals surface area (Å²) in [5.74, 6) is -0.0548. The van der Waals surface area contributed by atoms with Crippen LogP contribution in [-0.4, -0.2) is 25.8 Å². The van der Waals surface area contributed by atoms with E-state index < -0.39 is 9.84 Å². The van der Waals surface area contributed by atoms with Crippen LogP contribution >= 0.6 is 0 Å². The van der Waals surface area contributed by atoms with Crippen molar-refractivity contribution in [1.29, 1.82) is 0 Å². The summed E-state index contributed by atoms with van der Waals surface area (Å²) in [6.45, 7) is 2.48. The molecule has 0 fully saturated rings. The molecule has 2 N–H and O–H groups in total. The van der Waals surface area contributed by atoms with E-state index in [9.17, 15) is 13.5 Å². The van der Waals surface area contributed by atoms with E-state index in [1.807, 2.05) is 6.92 Å². The molecule has 0 bridgehead atoms. The van der Waals surface area contributed by atoms with Gasteiger partial charge < -0.3 is 10.4 Å². The van der Waals surface area contributed by atoms with Crippen molar-refractivity contribution in [2.24, 2.45) is 5.92 Å². The fourth-order valence-corrected chi connectivity index (χ4v) is 3.69. The lowest BCUT2D eigenvalue weighted by Gasteiger charge is -2.07. The Morgan fingerprint density at radius 3 is 2.93 bits per heavy atom. The van der Waals surface area contributed by atoms with Gasteiger partial charge in [-0.25, -0.2) is 8.42 Å². The maximum absolute atomic E-state index is 11.9. The summed E-state index contributed by atoms with van der Waals surface area (Å²) in [7, 11) is -3.37. The topological polar surface area (TPSA) is 66.4 Å². The minimum atomic E-state index is -3.37. The van der Waals surface area contributed by atoms with Crippen molar-refractivity contribution in [3.63, 3.8) is 0 Å². The van der Waals surface area contributed by atoms with Crippen molar-refractivity contribution < 1.29 is 13.5 Å². The molecule has 0 saturated heterocycles. The Hall–Kier alpha value is -1.23. The number of rotatable bonds is 0. The summed E-state index contributed by atoms with van der Waals surface area (Å²) in [6, 6.07) is 4.70. The van der Waals surface area contributed by atoms with Gasteiger partial charge in [0.15, 0.2) is 9.84 Å². The van der Waals surface area contributed by atoms with Gasteiger partial charge in [-0.2, -0.15) is 0 Å². The number of phenols is 1. The smallest absolute Gasteiger partial charge is 0.184 e. The van der Waals surface area contributed by atoms with Gasteiger partial charge in [0.1, 0.15) is 10.6 Å². The molecule has 1 atom stereocenters. The molecule has 82 valence electrons. The zero-order valence-corrected chi connectivity index (χ0v) is 9.21. The highest BCUT2D eigenvalue weighted by atomic mass is 32.2. The first-order chi connectivity index (χ1) is 7.00. The van der Waals surface area contributed by atoms with Crippen LogP contribution in [0.4, 0.5) is 5.69 Å². The molecule has 1 aromatic rings. The minimum absolute atomic E-state index is 0.0364. The second-order valence-corrected chi connectivity index (χ2v) is 5.89. The SMILES string of the molecule is CC1CNc2cccc(O)c2S(=O)(=O)C1. The van der Waals surface area contributed by atoms with Gasteiger partial charge in [0, 0.05) is 6.54 Å². The Morgan fingerprint density at radius 1 is 1.47 bits per heavy atom. The molecule has 15 heavy (non-hydrogen) atoms. The molecule has 5 heteroatoms. The quantitative estimate of drug-likeness (QED) is 0.699. The van der Waals surface area contributed by atoms with Crippen LogP contribution in [0.3, 0.4) is 0 Å². The third kappa shape index (κ3) is 1.79. The number of benzene rings is 1. The summed E-state index contributed by atoms with van der Waals surface area (Å²) < 4.78 is 23.8. The van der Waals surface area contributed by atoms with Gasteiger partial charge in [-0.05, 0) is 18.1 Å². The first kappa shape index (κ1) is 10.3. The van der Waals surface area contributed by atoms with E-state index in [-0.39, 0.29) is 22.3 Å². The Balaban J connectivity index is 2.65. The van der Waals surface area contributed by atoms with Crippen molar-refractivity contribution in [2.45, 2.75) is 11.8 Å². The van der Waals surface area contributed by atoms with E-state index >= 15 is 0 Å². The highest BCUT2D eigenvalue weighted by Crippen LogP contribution is 2.34. The zero-order valence-electron chi connectivity index (χ0n) is 8.40. The summed E-state index contributed by atoms with van der Waals surface area (Å²) in [6.07, 6.45) is 0. The monoisotopic (exact) mass is 227 g/mol. The molecular weight excluding hydrogens is 214 g/mol. The fraction of sp³-hybridized carbons (Fsp3) is 0.400. The lowest BCUT2D eigenvalue weighted by atomic mass is 10.2. The second-order valence-electron chi connectivity index (χ2n) is 3.92. The van der Waals surface area contributed by atoms with Crippen molar-refractivity contribution in [3.8, 4) is 5.75 Å². The van der Waals surface area contributed by atoms with Gasteiger partial charge in [-0.3, -0.25) is 0 Å². The molecule has 2 rings (SSSR count). The van der Waals surface area contributed by atoms with Crippen molar-refractivity contribution >= 4 is 15.5 Å². The zero-order chi connectivity index (χ0) is 11.1. The highest BCUT2D eigenvalue weighted by molar-refractivity contribution is 7.91. The van der Waals surface area contributed by atoms with E-state index in [1.54, 1.807) is 12.1 Å². The van der Waals surface area contributed by atoms with Crippen molar-refractivity contribution in [3.05, 3.63) is 18.2 Å². The molecule has 1 aromatic carbocycles. The molecule has 1 aliphatic rings. The standard InChI is InChI=1S/C10H13NO3S/c1-7-5-11-8-3-2-4-9(12)10(8)15(13,14)6-7/h2-4,7,11-12H,5-6H2,1H3. The predicted octanol–water partition coefficient (Wildman–Crippen LogP) is 1.23. The number of phenolic OH excluding ortho intramolecular Hbond substituents is 1. The largest absolute Gasteiger partial charge is 0.507 e. The summed E-state index contributed by atoms with van der Waals surface area (Å²) >= 11 is 0. The predicted molar refractivity (Wildman–Crippen MR) is 57.8 cm³/mol. The molecule has 0 radical (unpaired) electrons. The third-order valence-electron chi connectivity index (χ3n) is 2.45. The maximum atomic E-state index is 11.9. The Bertz CT molecular complexity index is 481. The van der Waals surface area contributed by atoms with E-state index in [2.05, 4.69) is 5.32 Å². The van der Waals surface area contributed by atoms with E-state index in [4.69, 9.17) is 0 Å². The van der Waals surface area contributed by atoms with E-state index in [0.717, 1.165) is 0 Å². The van der Waals surface area contributed by atoms with Crippen molar-refractivity contribution in [2.75, 3.05) is 17.6 Å². The molecular formula is C10H13NO3S. The number of hydrogen-bond donors (Lipinski definition) is 2. The molecule has 0 amide bonds. The van der Waals surface area contributed by atoms with Crippen LogP contribution in [0, 0.1) is 5.92 Å². The van der Waals surface area contributed by atoms with E-state index in [0.29, 0.717) is 12.2 Å². The summed E-state index contributed by atoms with van der Waals surface area (Å²) in [5.41, 5.74) is 0.499. The van der Waals surface area contributed by atoms with Crippen LogP contribution < -0.4 is 5.32 Å². The van der Waals surface area contributed by atoms with Crippen LogP contribution in [-0.2, 0) is 9.84 Å². The molecule has 1 heterocycles. The number of anilines is 1. The number of nitrogens with one attached hydrogen (secondary N) is 1. The molecule has 0 spiro atoms. The molecule has 1 aliphatic heterocycles. The Morgan fingerprint density at radius 2 is 2.20 bits per heavy atom. The lowest BCUT2D eigenvalue weighted by molar-refractivity contribution is 0.459. The summed E-state index contributed by atoms with van der Waals surface area (Å²) in [5, 5.41) is 12.6. The number of hydrogen-bond acceptors (Lipinski definition) is 4. The third-order valence-corrected chi connectivity index (χ3v) is 4.51. The normalized spacial score (nSPS) is 23.7. The summed E-state index contributed by atoms with van der Waals surface area (Å²) in [4.78, 5) is 0.0364. The number of fused-ring (bicyclic) bond motifs is 1. The Kier molecular flexibility index (Phi) is 2.34. The maximum Gasteiger partial charge on any atom is 0.184 e. The van der Waals surface area contributed by atoms with Gasteiger partial charge >= 0.3 is 0 Å². The van der Waals surface area contributed by atoms with Gasteiger partial charge in [0.2, 0.25) is 0 Å². The van der Waals surface area contributed by atoms with Crippen LogP contribution in [0.5, 0.6) is 5.75 Å². The van der Waals surface area contributed by atoms with Gasteiger partial charge in [-0.1, -0.05) is 13.0 Å². The molecule has 0 aromatic heterocycles.